The molecule has 9 heteroatoms. The number of anilines is 1. The average molecular weight is 328 g/mol. The number of benzene rings is 1. The third-order valence-corrected chi connectivity index (χ3v) is 5.15. The standard InChI is InChI=1S/C10H5ClF3NO2S2/c11-8-1-2-9(18-8)19(16,17)15-5-3-6(12)10(14)7(13)4-5/h1-4,15H. The summed E-state index contributed by atoms with van der Waals surface area (Å²) >= 11 is 6.38. The van der Waals surface area contributed by atoms with Crippen LogP contribution in [0.3, 0.4) is 0 Å². The van der Waals surface area contributed by atoms with Gasteiger partial charge in [0.25, 0.3) is 10.0 Å². The fourth-order valence-electron chi connectivity index (χ4n) is 1.26. The highest BCUT2D eigenvalue weighted by molar-refractivity contribution is 7.94. The van der Waals surface area contributed by atoms with Gasteiger partial charge in [-0.3, -0.25) is 4.72 Å². The van der Waals surface area contributed by atoms with Gasteiger partial charge in [-0.05, 0) is 12.1 Å². The Bertz CT molecular complexity index is 707. The molecule has 0 atom stereocenters. The van der Waals surface area contributed by atoms with Gasteiger partial charge in [-0.1, -0.05) is 11.6 Å². The van der Waals surface area contributed by atoms with Gasteiger partial charge in [0.05, 0.1) is 10.0 Å². The Labute approximate surface area is 115 Å². The van der Waals surface area contributed by atoms with Gasteiger partial charge in [0.15, 0.2) is 17.5 Å². The van der Waals surface area contributed by atoms with E-state index in [1.807, 2.05) is 4.72 Å². The molecule has 1 aromatic carbocycles. The van der Waals surface area contributed by atoms with Crippen LogP contribution in [0.25, 0.3) is 0 Å². The molecule has 0 aliphatic rings. The molecule has 0 aliphatic carbocycles. The van der Waals surface area contributed by atoms with Crippen molar-refractivity contribution in [2.75, 3.05) is 4.72 Å². The molecule has 19 heavy (non-hydrogen) atoms. The number of hydrogen-bond donors (Lipinski definition) is 1. The lowest BCUT2D eigenvalue weighted by Gasteiger charge is -2.07. The van der Waals surface area contributed by atoms with E-state index in [2.05, 4.69) is 0 Å². The predicted octanol–water partition coefficient (Wildman–Crippen LogP) is 3.62. The van der Waals surface area contributed by atoms with Crippen LogP contribution in [-0.2, 0) is 10.0 Å². The molecule has 0 aliphatic heterocycles. The van der Waals surface area contributed by atoms with Crippen LogP contribution >= 0.6 is 22.9 Å². The lowest BCUT2D eigenvalue weighted by Crippen LogP contribution is -2.12. The highest BCUT2D eigenvalue weighted by Gasteiger charge is 2.19. The first-order valence-corrected chi connectivity index (χ1v) is 7.40. The second kappa shape index (κ2) is 5.03. The molecule has 0 saturated carbocycles. The SMILES string of the molecule is O=S(=O)(Nc1cc(F)c(F)c(F)c1)c1ccc(Cl)s1. The van der Waals surface area contributed by atoms with Crippen molar-refractivity contribution in [1.29, 1.82) is 0 Å². The van der Waals surface area contributed by atoms with Crippen molar-refractivity contribution in [3.8, 4) is 0 Å². The van der Waals surface area contributed by atoms with E-state index in [-0.39, 0.29) is 8.55 Å². The summed E-state index contributed by atoms with van der Waals surface area (Å²) in [7, 11) is -4.01. The maximum atomic E-state index is 13.0. The van der Waals surface area contributed by atoms with E-state index in [1.165, 1.54) is 12.1 Å². The Morgan fingerprint density at radius 1 is 1.11 bits per heavy atom. The Morgan fingerprint density at radius 3 is 2.16 bits per heavy atom. The summed E-state index contributed by atoms with van der Waals surface area (Å²) in [5, 5.41) is 0. The smallest absolute Gasteiger partial charge is 0.271 e. The molecule has 1 aromatic heterocycles. The topological polar surface area (TPSA) is 46.2 Å². The Balaban J connectivity index is 2.36. The monoisotopic (exact) mass is 327 g/mol. The van der Waals surface area contributed by atoms with Crippen LogP contribution < -0.4 is 4.72 Å². The molecule has 0 bridgehead atoms. The van der Waals surface area contributed by atoms with Gasteiger partial charge in [0, 0.05) is 12.1 Å². The van der Waals surface area contributed by atoms with Gasteiger partial charge < -0.3 is 0 Å². The number of nitrogens with one attached hydrogen (secondary N) is 1. The van der Waals surface area contributed by atoms with Crippen LogP contribution in [0, 0.1) is 17.5 Å². The molecule has 0 unspecified atom stereocenters. The quantitative estimate of drug-likeness (QED) is 0.875. The minimum Gasteiger partial charge on any atom is -0.279 e. The van der Waals surface area contributed by atoms with Crippen molar-refractivity contribution in [2.45, 2.75) is 4.21 Å². The van der Waals surface area contributed by atoms with E-state index >= 15 is 0 Å². The molecule has 1 N–H and O–H groups in total. The number of sulfonamides is 1. The normalized spacial score (nSPS) is 11.6. The fraction of sp³-hybridized carbons (Fsp3) is 0. The number of hydrogen-bond acceptors (Lipinski definition) is 3. The van der Waals surface area contributed by atoms with E-state index in [4.69, 9.17) is 11.6 Å². The lowest BCUT2D eigenvalue weighted by atomic mass is 10.3. The zero-order valence-corrected chi connectivity index (χ0v) is 11.3. The van der Waals surface area contributed by atoms with Crippen molar-refractivity contribution in [2.24, 2.45) is 0 Å². The van der Waals surface area contributed by atoms with Crippen LogP contribution in [0.5, 0.6) is 0 Å². The highest BCUT2D eigenvalue weighted by Crippen LogP contribution is 2.28. The van der Waals surface area contributed by atoms with Crippen LogP contribution in [0.15, 0.2) is 28.5 Å². The molecule has 2 aromatic rings. The summed E-state index contributed by atoms with van der Waals surface area (Å²) in [4.78, 5) is 0. The summed E-state index contributed by atoms with van der Waals surface area (Å²) in [6.07, 6.45) is 0. The van der Waals surface area contributed by atoms with Gasteiger partial charge in [-0.15, -0.1) is 11.3 Å². The first-order valence-electron chi connectivity index (χ1n) is 4.72. The lowest BCUT2D eigenvalue weighted by molar-refractivity contribution is 0.448. The van der Waals surface area contributed by atoms with Gasteiger partial charge in [-0.25, -0.2) is 21.6 Å². The first-order chi connectivity index (χ1) is 8.79. The zero-order valence-electron chi connectivity index (χ0n) is 8.95. The maximum absolute atomic E-state index is 13.0. The summed E-state index contributed by atoms with van der Waals surface area (Å²) < 4.78 is 64.3. The molecule has 0 radical (unpaired) electrons. The van der Waals surface area contributed by atoms with E-state index in [0.717, 1.165) is 11.3 Å². The molecule has 0 saturated heterocycles. The Kier molecular flexibility index (Phi) is 3.75. The van der Waals surface area contributed by atoms with Crippen molar-refractivity contribution >= 4 is 38.6 Å². The van der Waals surface area contributed by atoms with Gasteiger partial charge in [0.2, 0.25) is 0 Å². The van der Waals surface area contributed by atoms with Gasteiger partial charge in [-0.2, -0.15) is 0 Å². The summed E-state index contributed by atoms with van der Waals surface area (Å²) in [6, 6.07) is 3.70. The van der Waals surface area contributed by atoms with Crippen LogP contribution in [0.4, 0.5) is 18.9 Å². The second-order valence-electron chi connectivity index (χ2n) is 3.42. The van der Waals surface area contributed by atoms with Crippen LogP contribution in [0.2, 0.25) is 4.34 Å². The molecule has 0 amide bonds. The number of rotatable bonds is 3. The Hall–Kier alpha value is -1.25. The highest BCUT2D eigenvalue weighted by atomic mass is 35.5. The molecular formula is C10H5ClF3NO2S2. The summed E-state index contributed by atoms with van der Waals surface area (Å²) in [5.41, 5.74) is -0.416. The van der Waals surface area contributed by atoms with Crippen molar-refractivity contribution < 1.29 is 21.6 Å². The van der Waals surface area contributed by atoms with E-state index in [1.54, 1.807) is 0 Å². The summed E-state index contributed by atoms with van der Waals surface area (Å²) in [6.45, 7) is 0. The third kappa shape index (κ3) is 3.02. The van der Waals surface area contributed by atoms with Crippen molar-refractivity contribution in [1.82, 2.24) is 0 Å². The fourth-order valence-corrected chi connectivity index (χ4v) is 3.79. The summed E-state index contributed by atoms with van der Waals surface area (Å²) in [5.74, 6) is -4.63. The van der Waals surface area contributed by atoms with E-state index in [9.17, 15) is 21.6 Å². The van der Waals surface area contributed by atoms with Gasteiger partial charge in [0.1, 0.15) is 4.21 Å². The van der Waals surface area contributed by atoms with Gasteiger partial charge >= 0.3 is 0 Å². The van der Waals surface area contributed by atoms with Crippen molar-refractivity contribution in [3.63, 3.8) is 0 Å². The molecular weight excluding hydrogens is 323 g/mol. The third-order valence-electron chi connectivity index (χ3n) is 2.05. The molecule has 0 spiro atoms. The first kappa shape index (κ1) is 14.2. The van der Waals surface area contributed by atoms with Crippen LogP contribution in [0.1, 0.15) is 0 Å². The number of halogens is 4. The maximum Gasteiger partial charge on any atom is 0.271 e. The molecule has 0 fully saturated rings. The van der Waals surface area contributed by atoms with E-state index < -0.39 is 33.2 Å². The van der Waals surface area contributed by atoms with Crippen molar-refractivity contribution in [3.05, 3.63) is 46.1 Å². The molecule has 3 nitrogen and oxygen atoms in total. The predicted molar refractivity (Wildman–Crippen MR) is 66.5 cm³/mol. The molecule has 2 rings (SSSR count). The van der Waals surface area contributed by atoms with E-state index in [0.29, 0.717) is 12.1 Å². The Morgan fingerprint density at radius 2 is 1.68 bits per heavy atom. The minimum absolute atomic E-state index is 0.123. The zero-order chi connectivity index (χ0) is 14.2. The minimum atomic E-state index is -4.01. The van der Waals surface area contributed by atoms with Crippen LogP contribution in [-0.4, -0.2) is 8.42 Å². The second-order valence-corrected chi connectivity index (χ2v) is 7.04. The molecule has 1 heterocycles. The number of thiophene rings is 1. The molecule has 102 valence electrons. The largest absolute Gasteiger partial charge is 0.279 e. The average Bonchev–Trinajstić information content (AvgIpc) is 2.73.